The number of nitrogens with zero attached hydrogens (tertiary/aromatic N) is 3. The molecule has 0 aromatic carbocycles. The summed E-state index contributed by atoms with van der Waals surface area (Å²) in [6, 6.07) is 1.34. The summed E-state index contributed by atoms with van der Waals surface area (Å²) < 4.78 is 63.7. The highest BCUT2D eigenvalue weighted by molar-refractivity contribution is 7.17. The van der Waals surface area contributed by atoms with E-state index in [-0.39, 0.29) is 34.4 Å². The Morgan fingerprint density at radius 2 is 2.03 bits per heavy atom. The standard InChI is InChI=1S/C15H15F5N4O2S.C6H11NO.C2H6/c1-7-11(27-14(24-7)13(26)21-2-3-25)9-5-22-10(4-8(9)12(16)17)23-6-15(18,19)20;1-6-3-2-4-7(6)5-8;1-2/h4-5,12,25H,2-3,6H2,1H3,(H,21,26)(H,22,23);5-6H,2-4H2,1H3;1-2H3. The summed E-state index contributed by atoms with van der Waals surface area (Å²) in [4.78, 5) is 31.9. The summed E-state index contributed by atoms with van der Waals surface area (Å²) in [6.45, 7) is 6.90. The number of aliphatic hydroxyl groups excluding tert-OH is 1. The summed E-state index contributed by atoms with van der Waals surface area (Å²) in [5, 5.41) is 13.1. The lowest BCUT2D eigenvalue weighted by molar-refractivity contribution is -0.118. The van der Waals surface area contributed by atoms with Crippen LogP contribution in [0.4, 0.5) is 27.8 Å². The van der Waals surface area contributed by atoms with Gasteiger partial charge in [-0.3, -0.25) is 9.59 Å². The van der Waals surface area contributed by atoms with Crippen LogP contribution in [0.15, 0.2) is 12.3 Å². The van der Waals surface area contributed by atoms with Gasteiger partial charge in [0, 0.05) is 36.5 Å². The summed E-state index contributed by atoms with van der Waals surface area (Å²) in [7, 11) is 0. The molecule has 2 amide bonds. The first kappa shape index (κ1) is 32.2. The van der Waals surface area contributed by atoms with Gasteiger partial charge in [0.05, 0.1) is 17.2 Å². The van der Waals surface area contributed by atoms with E-state index in [4.69, 9.17) is 5.11 Å². The zero-order valence-electron chi connectivity index (χ0n) is 21.0. The van der Waals surface area contributed by atoms with Crippen molar-refractivity contribution in [3.05, 3.63) is 28.5 Å². The van der Waals surface area contributed by atoms with Crippen molar-refractivity contribution in [1.29, 1.82) is 0 Å². The molecular formula is C23H32F5N5O3S. The lowest BCUT2D eigenvalue weighted by Gasteiger charge is -2.13. The molecule has 37 heavy (non-hydrogen) atoms. The largest absolute Gasteiger partial charge is 0.405 e. The zero-order valence-corrected chi connectivity index (χ0v) is 21.8. The predicted molar refractivity (Wildman–Crippen MR) is 132 cm³/mol. The quantitative estimate of drug-likeness (QED) is 0.320. The Bertz CT molecular complexity index is 1000. The van der Waals surface area contributed by atoms with Crippen molar-refractivity contribution in [2.24, 2.45) is 0 Å². The number of rotatable bonds is 8. The van der Waals surface area contributed by atoms with Crippen LogP contribution in [-0.4, -0.2) is 70.8 Å². The van der Waals surface area contributed by atoms with E-state index in [1.165, 1.54) is 19.8 Å². The van der Waals surface area contributed by atoms with Crippen LogP contribution in [0.1, 0.15) is 61.1 Å². The van der Waals surface area contributed by atoms with E-state index in [0.717, 1.165) is 36.6 Å². The van der Waals surface area contributed by atoms with Crippen molar-refractivity contribution in [1.82, 2.24) is 20.2 Å². The van der Waals surface area contributed by atoms with Gasteiger partial charge in [-0.15, -0.1) is 11.3 Å². The number of anilines is 1. The van der Waals surface area contributed by atoms with E-state index in [9.17, 15) is 31.5 Å². The SMILES string of the molecule is CC.CC1CCCN1C=O.Cc1nc(C(=O)NCCO)sc1-c1cnc(NCC(F)(F)F)cc1C(F)F. The summed E-state index contributed by atoms with van der Waals surface area (Å²) in [5.41, 5.74) is -0.239. The number of hydrogen-bond donors (Lipinski definition) is 3. The molecule has 1 unspecified atom stereocenters. The van der Waals surface area contributed by atoms with Crippen LogP contribution in [0.5, 0.6) is 0 Å². The van der Waals surface area contributed by atoms with Gasteiger partial charge in [-0.1, -0.05) is 13.8 Å². The van der Waals surface area contributed by atoms with Crippen LogP contribution in [0.3, 0.4) is 0 Å². The third kappa shape index (κ3) is 10.2. The van der Waals surface area contributed by atoms with Gasteiger partial charge in [-0.25, -0.2) is 18.7 Å². The number of alkyl halides is 5. The molecule has 1 aliphatic rings. The third-order valence-electron chi connectivity index (χ3n) is 5.01. The van der Waals surface area contributed by atoms with Gasteiger partial charge >= 0.3 is 6.18 Å². The Morgan fingerprint density at radius 3 is 2.51 bits per heavy atom. The second kappa shape index (κ2) is 15.4. The fourth-order valence-electron chi connectivity index (χ4n) is 3.23. The number of thiazole rings is 1. The van der Waals surface area contributed by atoms with Crippen molar-refractivity contribution < 1.29 is 36.6 Å². The maximum atomic E-state index is 13.4. The number of carbonyl (C=O) groups is 2. The summed E-state index contributed by atoms with van der Waals surface area (Å²) in [5.74, 6) is -0.909. The fourth-order valence-corrected chi connectivity index (χ4v) is 4.24. The van der Waals surface area contributed by atoms with Gasteiger partial charge in [0.15, 0.2) is 5.01 Å². The Labute approximate surface area is 216 Å². The Balaban J connectivity index is 0.000000574. The van der Waals surface area contributed by atoms with Crippen molar-refractivity contribution in [3.8, 4) is 10.4 Å². The number of aliphatic hydroxyl groups is 1. The van der Waals surface area contributed by atoms with Crippen LogP contribution in [0.2, 0.25) is 0 Å². The maximum absolute atomic E-state index is 13.4. The summed E-state index contributed by atoms with van der Waals surface area (Å²) >= 11 is 0.848. The van der Waals surface area contributed by atoms with Crippen LogP contribution in [0.25, 0.3) is 10.4 Å². The molecule has 0 aliphatic carbocycles. The normalized spacial score (nSPS) is 14.9. The van der Waals surface area contributed by atoms with Gasteiger partial charge in [-0.2, -0.15) is 13.2 Å². The highest BCUT2D eigenvalue weighted by atomic mass is 32.1. The van der Waals surface area contributed by atoms with Crippen LogP contribution < -0.4 is 10.6 Å². The monoisotopic (exact) mass is 553 g/mol. The second-order valence-corrected chi connectivity index (χ2v) is 8.67. The molecule has 2 aromatic heterocycles. The molecule has 0 saturated carbocycles. The molecule has 0 radical (unpaired) electrons. The molecule has 208 valence electrons. The van der Waals surface area contributed by atoms with Crippen LogP contribution >= 0.6 is 11.3 Å². The molecule has 3 rings (SSSR count). The molecule has 1 fully saturated rings. The first-order valence-corrected chi connectivity index (χ1v) is 12.4. The number of aryl methyl sites for hydroxylation is 1. The van der Waals surface area contributed by atoms with E-state index in [1.807, 2.05) is 24.1 Å². The minimum atomic E-state index is -4.52. The average Bonchev–Trinajstić information content (AvgIpc) is 3.47. The lowest BCUT2D eigenvalue weighted by Crippen LogP contribution is -2.26. The first-order valence-electron chi connectivity index (χ1n) is 11.6. The maximum Gasteiger partial charge on any atom is 0.405 e. The molecule has 14 heteroatoms. The van der Waals surface area contributed by atoms with Gasteiger partial charge in [-0.05, 0) is 32.8 Å². The predicted octanol–water partition coefficient (Wildman–Crippen LogP) is 4.80. The van der Waals surface area contributed by atoms with E-state index in [2.05, 4.69) is 22.2 Å². The number of pyridine rings is 1. The van der Waals surface area contributed by atoms with E-state index in [0.29, 0.717) is 11.7 Å². The number of likely N-dealkylation sites (tertiary alicyclic amines) is 1. The minimum absolute atomic E-state index is 0.00967. The molecule has 0 spiro atoms. The number of hydrogen-bond acceptors (Lipinski definition) is 7. The number of carbonyl (C=O) groups excluding carboxylic acids is 2. The molecule has 3 heterocycles. The van der Waals surface area contributed by atoms with Crippen molar-refractivity contribution in [2.45, 2.75) is 59.2 Å². The number of halogens is 5. The zero-order chi connectivity index (χ0) is 28.2. The second-order valence-electron chi connectivity index (χ2n) is 7.67. The average molecular weight is 554 g/mol. The molecule has 2 aromatic rings. The van der Waals surface area contributed by atoms with Crippen molar-refractivity contribution in [2.75, 3.05) is 31.6 Å². The van der Waals surface area contributed by atoms with E-state index >= 15 is 0 Å². The Kier molecular flexibility index (Phi) is 13.4. The van der Waals surface area contributed by atoms with Gasteiger partial charge < -0.3 is 20.6 Å². The Morgan fingerprint density at radius 1 is 1.35 bits per heavy atom. The Hall–Kier alpha value is -2.87. The molecule has 1 saturated heterocycles. The van der Waals surface area contributed by atoms with Gasteiger partial charge in [0.2, 0.25) is 6.41 Å². The fraction of sp³-hybridized carbons (Fsp3) is 0.565. The number of aromatic nitrogens is 2. The van der Waals surface area contributed by atoms with E-state index in [1.54, 1.807) is 0 Å². The highest BCUT2D eigenvalue weighted by Crippen LogP contribution is 2.37. The van der Waals surface area contributed by atoms with E-state index < -0.39 is 30.6 Å². The molecule has 1 aliphatic heterocycles. The summed E-state index contributed by atoms with van der Waals surface area (Å²) in [6.07, 6.45) is -3.16. The van der Waals surface area contributed by atoms with Gasteiger partial charge in [0.1, 0.15) is 12.4 Å². The third-order valence-corrected chi connectivity index (χ3v) is 6.20. The topological polar surface area (TPSA) is 107 Å². The van der Waals surface area contributed by atoms with Crippen molar-refractivity contribution in [3.63, 3.8) is 0 Å². The molecule has 8 nitrogen and oxygen atoms in total. The number of nitrogens with one attached hydrogen (secondary N) is 2. The highest BCUT2D eigenvalue weighted by Gasteiger charge is 2.28. The molecule has 1 atom stereocenters. The van der Waals surface area contributed by atoms with Crippen LogP contribution in [0, 0.1) is 6.92 Å². The van der Waals surface area contributed by atoms with Crippen molar-refractivity contribution >= 4 is 29.5 Å². The minimum Gasteiger partial charge on any atom is -0.395 e. The smallest absolute Gasteiger partial charge is 0.395 e. The molecule has 3 N–H and O–H groups in total. The van der Waals surface area contributed by atoms with Crippen LogP contribution in [-0.2, 0) is 4.79 Å². The number of amides is 2. The lowest BCUT2D eigenvalue weighted by atomic mass is 10.1. The molecular weight excluding hydrogens is 521 g/mol. The first-order chi connectivity index (χ1) is 17.5. The molecule has 0 bridgehead atoms. The van der Waals surface area contributed by atoms with Gasteiger partial charge in [0.25, 0.3) is 12.3 Å².